The maximum atomic E-state index is 3.81. The average Bonchev–Trinajstić information content (AvgIpc) is 2.53. The zero-order chi connectivity index (χ0) is 14.4. The molecule has 20 heavy (non-hydrogen) atoms. The minimum absolute atomic E-state index is 0.470. The van der Waals surface area contributed by atoms with E-state index < -0.39 is 0 Å². The van der Waals surface area contributed by atoms with Gasteiger partial charge >= 0.3 is 0 Å². The molecular formula is C20H22. The monoisotopic (exact) mass is 262 g/mol. The van der Waals surface area contributed by atoms with E-state index >= 15 is 0 Å². The van der Waals surface area contributed by atoms with Crippen molar-refractivity contribution >= 4 is 12.2 Å². The highest BCUT2D eigenvalue weighted by molar-refractivity contribution is 5.50. The fourth-order valence-electron chi connectivity index (χ4n) is 2.54. The van der Waals surface area contributed by atoms with Gasteiger partial charge in [0.2, 0.25) is 0 Å². The third-order valence-corrected chi connectivity index (χ3v) is 3.73. The molecule has 102 valence electrons. The van der Waals surface area contributed by atoms with Crippen LogP contribution in [-0.4, -0.2) is 0 Å². The number of rotatable bonds is 6. The molecule has 0 saturated heterocycles. The van der Waals surface area contributed by atoms with Crippen LogP contribution in [0.15, 0.2) is 61.7 Å². The molecule has 0 aliphatic heterocycles. The fraction of sp³-hybridized carbons (Fsp3) is 0.200. The predicted molar refractivity (Wildman–Crippen MR) is 89.8 cm³/mol. The zero-order valence-corrected chi connectivity index (χ0v) is 12.2. The summed E-state index contributed by atoms with van der Waals surface area (Å²) in [6.07, 6.45) is 6.12. The minimum Gasteiger partial charge on any atom is -0.0985 e. The lowest BCUT2D eigenvalue weighted by molar-refractivity contribution is 0.698. The Balaban J connectivity index is 2.32. The van der Waals surface area contributed by atoms with Crippen LogP contribution in [0.4, 0.5) is 0 Å². The third kappa shape index (κ3) is 3.27. The first-order valence-corrected chi connectivity index (χ1v) is 7.23. The first-order valence-electron chi connectivity index (χ1n) is 7.23. The van der Waals surface area contributed by atoms with E-state index in [1.165, 1.54) is 35.1 Å². The largest absolute Gasteiger partial charge is 0.0985 e. The molecule has 0 amide bonds. The molecule has 0 unspecified atom stereocenters. The van der Waals surface area contributed by atoms with Gasteiger partial charge in [0.25, 0.3) is 0 Å². The molecule has 0 heteroatoms. The normalized spacial score (nSPS) is 10.5. The highest BCUT2D eigenvalue weighted by atomic mass is 14.2. The van der Waals surface area contributed by atoms with Gasteiger partial charge < -0.3 is 0 Å². The predicted octanol–water partition coefficient (Wildman–Crippen LogP) is 5.90. The second-order valence-electron chi connectivity index (χ2n) is 5.08. The van der Waals surface area contributed by atoms with Gasteiger partial charge in [-0.3, -0.25) is 0 Å². The van der Waals surface area contributed by atoms with Crippen LogP contribution >= 0.6 is 0 Å². The average molecular weight is 262 g/mol. The molecule has 0 aliphatic carbocycles. The van der Waals surface area contributed by atoms with Gasteiger partial charge in [-0.2, -0.15) is 0 Å². The van der Waals surface area contributed by atoms with Gasteiger partial charge in [0, 0.05) is 5.92 Å². The lowest BCUT2D eigenvalue weighted by Gasteiger charge is -2.18. The molecule has 2 aromatic carbocycles. The summed E-state index contributed by atoms with van der Waals surface area (Å²) >= 11 is 0. The molecule has 0 saturated carbocycles. The summed E-state index contributed by atoms with van der Waals surface area (Å²) in [7, 11) is 0. The molecule has 0 bridgehead atoms. The Morgan fingerprint density at radius 1 is 0.800 bits per heavy atom. The molecule has 0 aromatic heterocycles. The summed E-state index contributed by atoms with van der Waals surface area (Å²) in [6.45, 7) is 9.86. The molecular weight excluding hydrogens is 240 g/mol. The Morgan fingerprint density at radius 3 is 1.50 bits per heavy atom. The molecule has 0 heterocycles. The van der Waals surface area contributed by atoms with E-state index in [1.807, 2.05) is 12.2 Å². The Morgan fingerprint density at radius 2 is 1.20 bits per heavy atom. The summed E-state index contributed by atoms with van der Waals surface area (Å²) in [6, 6.07) is 17.5. The molecule has 0 spiro atoms. The van der Waals surface area contributed by atoms with E-state index in [0.717, 1.165) is 0 Å². The summed E-state index contributed by atoms with van der Waals surface area (Å²) in [4.78, 5) is 0. The van der Waals surface area contributed by atoms with E-state index in [2.05, 4.69) is 68.6 Å². The highest BCUT2D eigenvalue weighted by Gasteiger charge is 2.12. The Bertz CT molecular complexity index is 506. The second-order valence-corrected chi connectivity index (χ2v) is 5.08. The number of hydrogen-bond acceptors (Lipinski definition) is 0. The summed E-state index contributed by atoms with van der Waals surface area (Å²) in [5.41, 5.74) is 5.10. The van der Waals surface area contributed by atoms with Crippen LogP contribution in [0.5, 0.6) is 0 Å². The molecule has 0 aliphatic rings. The maximum absolute atomic E-state index is 3.81. The van der Waals surface area contributed by atoms with Gasteiger partial charge in [0.05, 0.1) is 0 Å². The van der Waals surface area contributed by atoms with Crippen molar-refractivity contribution in [2.75, 3.05) is 0 Å². The van der Waals surface area contributed by atoms with Crippen molar-refractivity contribution in [3.63, 3.8) is 0 Å². The van der Waals surface area contributed by atoms with Crippen LogP contribution in [-0.2, 0) is 0 Å². The summed E-state index contributed by atoms with van der Waals surface area (Å²) < 4.78 is 0. The quantitative estimate of drug-likeness (QED) is 0.607. The standard InChI is InChI=1S/C20H22/c1-4-7-20(18-12-8-16(5-2)9-13-18)19-14-10-17(6-3)11-15-19/h5-6,8-15,20H,2-4,7H2,1H3. The van der Waals surface area contributed by atoms with E-state index in [1.54, 1.807) is 0 Å². The fourth-order valence-corrected chi connectivity index (χ4v) is 2.54. The van der Waals surface area contributed by atoms with Gasteiger partial charge in [0.15, 0.2) is 0 Å². The van der Waals surface area contributed by atoms with E-state index in [0.29, 0.717) is 5.92 Å². The Kier molecular flexibility index (Phi) is 4.95. The first kappa shape index (κ1) is 14.3. The van der Waals surface area contributed by atoms with E-state index in [-0.39, 0.29) is 0 Å². The van der Waals surface area contributed by atoms with Gasteiger partial charge in [-0.05, 0) is 28.7 Å². The smallest absolute Gasteiger partial charge is 0.00892 e. The Labute approximate surface area is 122 Å². The van der Waals surface area contributed by atoms with Crippen LogP contribution in [0.2, 0.25) is 0 Å². The van der Waals surface area contributed by atoms with Gasteiger partial charge in [-0.25, -0.2) is 0 Å². The van der Waals surface area contributed by atoms with Crippen molar-refractivity contribution in [1.29, 1.82) is 0 Å². The van der Waals surface area contributed by atoms with Crippen LogP contribution in [0.1, 0.15) is 47.9 Å². The molecule has 2 aromatic rings. The molecule has 0 fully saturated rings. The third-order valence-electron chi connectivity index (χ3n) is 3.73. The lowest BCUT2D eigenvalue weighted by atomic mass is 9.87. The summed E-state index contributed by atoms with van der Waals surface area (Å²) in [5, 5.41) is 0. The molecule has 0 atom stereocenters. The van der Waals surface area contributed by atoms with Crippen LogP contribution in [0.3, 0.4) is 0 Å². The van der Waals surface area contributed by atoms with Gasteiger partial charge in [0.1, 0.15) is 0 Å². The zero-order valence-electron chi connectivity index (χ0n) is 12.2. The van der Waals surface area contributed by atoms with Gasteiger partial charge in [-0.1, -0.05) is 87.2 Å². The minimum atomic E-state index is 0.470. The lowest BCUT2D eigenvalue weighted by Crippen LogP contribution is -2.01. The van der Waals surface area contributed by atoms with E-state index in [9.17, 15) is 0 Å². The molecule has 2 rings (SSSR count). The van der Waals surface area contributed by atoms with Crippen LogP contribution < -0.4 is 0 Å². The topological polar surface area (TPSA) is 0 Å². The van der Waals surface area contributed by atoms with Gasteiger partial charge in [-0.15, -0.1) is 0 Å². The highest BCUT2D eigenvalue weighted by Crippen LogP contribution is 2.29. The van der Waals surface area contributed by atoms with E-state index in [4.69, 9.17) is 0 Å². The SMILES string of the molecule is C=Cc1ccc(C(CCC)c2ccc(C=C)cc2)cc1. The Hall–Kier alpha value is -2.08. The van der Waals surface area contributed by atoms with Crippen molar-refractivity contribution in [2.45, 2.75) is 25.7 Å². The van der Waals surface area contributed by atoms with Crippen molar-refractivity contribution < 1.29 is 0 Å². The summed E-state index contributed by atoms with van der Waals surface area (Å²) in [5.74, 6) is 0.470. The number of hydrogen-bond donors (Lipinski definition) is 0. The van der Waals surface area contributed by atoms with Crippen molar-refractivity contribution in [3.8, 4) is 0 Å². The molecule has 0 nitrogen and oxygen atoms in total. The maximum Gasteiger partial charge on any atom is 0.00892 e. The van der Waals surface area contributed by atoms with Crippen molar-refractivity contribution in [1.82, 2.24) is 0 Å². The van der Waals surface area contributed by atoms with Crippen molar-refractivity contribution in [2.24, 2.45) is 0 Å². The first-order chi connectivity index (χ1) is 9.78. The van der Waals surface area contributed by atoms with Crippen LogP contribution in [0, 0.1) is 0 Å². The molecule has 0 N–H and O–H groups in total. The number of benzene rings is 2. The van der Waals surface area contributed by atoms with Crippen LogP contribution in [0.25, 0.3) is 12.2 Å². The van der Waals surface area contributed by atoms with Crippen molar-refractivity contribution in [3.05, 3.63) is 83.9 Å². The second kappa shape index (κ2) is 6.91. The molecule has 0 radical (unpaired) electrons.